The Kier molecular flexibility index (Phi) is 6.70. The predicted molar refractivity (Wildman–Crippen MR) is 114 cm³/mol. The third-order valence-electron chi connectivity index (χ3n) is 3.88. The van der Waals surface area contributed by atoms with Gasteiger partial charge >= 0.3 is 0 Å². The van der Waals surface area contributed by atoms with Gasteiger partial charge in [-0.3, -0.25) is 0 Å². The van der Waals surface area contributed by atoms with Crippen molar-refractivity contribution in [1.29, 1.82) is 0 Å². The summed E-state index contributed by atoms with van der Waals surface area (Å²) in [4.78, 5) is 5.39. The van der Waals surface area contributed by atoms with E-state index < -0.39 is 0 Å². The van der Waals surface area contributed by atoms with E-state index in [2.05, 4.69) is 40.1 Å². The van der Waals surface area contributed by atoms with E-state index in [-0.39, 0.29) is 5.25 Å². The molecular weight excluding hydrogens is 388 g/mol. The summed E-state index contributed by atoms with van der Waals surface area (Å²) in [5.41, 5.74) is 2.58. The Balaban J connectivity index is 1.82. The number of thioether (sulfide) groups is 1. The molecule has 2 heterocycles. The molecule has 2 aromatic heterocycles. The molecule has 0 radical (unpaired) electrons. The van der Waals surface area contributed by atoms with E-state index in [1.165, 1.54) is 16.0 Å². The van der Waals surface area contributed by atoms with Gasteiger partial charge in [-0.25, -0.2) is 4.98 Å². The van der Waals surface area contributed by atoms with Crippen LogP contribution in [0.4, 0.5) is 0 Å². The maximum absolute atomic E-state index is 6.06. The molecule has 0 fully saturated rings. The number of halogens is 1. The van der Waals surface area contributed by atoms with Crippen LogP contribution in [0.25, 0.3) is 0 Å². The van der Waals surface area contributed by atoms with Crippen LogP contribution in [-0.2, 0) is 13.0 Å². The predicted octanol–water partition coefficient (Wildman–Crippen LogP) is 6.40. The fraction of sp³-hybridized carbons (Fsp3) is 0.263. The standard InChI is InChI=1S/C19H19ClN2S3/c1-2-3-15-8-11-24-18(15)19(23)25-17(12-22-10-9-21-13-22)14-4-6-16(20)7-5-14/h4-11,13,17H,2-3,12H2,1H3. The fourth-order valence-corrected chi connectivity index (χ4v) is 5.50. The second-order valence-electron chi connectivity index (χ2n) is 5.73. The zero-order chi connectivity index (χ0) is 17.6. The van der Waals surface area contributed by atoms with Gasteiger partial charge in [-0.2, -0.15) is 0 Å². The number of aryl methyl sites for hydroxylation is 1. The molecule has 25 heavy (non-hydrogen) atoms. The van der Waals surface area contributed by atoms with Gasteiger partial charge in [0, 0.05) is 24.0 Å². The molecule has 3 aromatic rings. The van der Waals surface area contributed by atoms with Crippen LogP contribution in [0.2, 0.25) is 5.02 Å². The SMILES string of the molecule is CCCc1ccsc1C(=S)SC(Cn1ccnc1)c1ccc(Cl)cc1. The number of hydrogen-bond donors (Lipinski definition) is 0. The summed E-state index contributed by atoms with van der Waals surface area (Å²) in [6, 6.07) is 10.2. The third kappa shape index (κ3) is 4.94. The zero-order valence-electron chi connectivity index (χ0n) is 13.9. The lowest BCUT2D eigenvalue weighted by molar-refractivity contribution is 0.685. The maximum atomic E-state index is 6.06. The van der Waals surface area contributed by atoms with Crippen LogP contribution in [0.3, 0.4) is 0 Å². The Hall–Kier alpha value is -1.14. The molecule has 0 saturated carbocycles. The molecule has 130 valence electrons. The summed E-state index contributed by atoms with van der Waals surface area (Å²) in [6.07, 6.45) is 7.85. The number of thiocarbonyl (C=S) groups is 1. The van der Waals surface area contributed by atoms with Gasteiger partial charge in [0.2, 0.25) is 0 Å². The maximum Gasteiger partial charge on any atom is 0.0946 e. The molecular formula is C19H19ClN2S3. The van der Waals surface area contributed by atoms with E-state index >= 15 is 0 Å². The van der Waals surface area contributed by atoms with E-state index in [4.69, 9.17) is 23.8 Å². The molecule has 0 aliphatic rings. The lowest BCUT2D eigenvalue weighted by atomic mass is 10.1. The first-order chi connectivity index (χ1) is 12.2. The largest absolute Gasteiger partial charge is 0.336 e. The van der Waals surface area contributed by atoms with E-state index in [0.29, 0.717) is 0 Å². The molecule has 0 saturated heterocycles. The molecule has 0 aliphatic carbocycles. The van der Waals surface area contributed by atoms with Crippen LogP contribution < -0.4 is 0 Å². The lowest BCUT2D eigenvalue weighted by Gasteiger charge is -2.18. The van der Waals surface area contributed by atoms with Gasteiger partial charge in [-0.15, -0.1) is 23.1 Å². The van der Waals surface area contributed by atoms with Crippen molar-refractivity contribution in [3.05, 3.63) is 75.5 Å². The summed E-state index contributed by atoms with van der Waals surface area (Å²) in [6.45, 7) is 3.02. The van der Waals surface area contributed by atoms with Crippen molar-refractivity contribution in [3.63, 3.8) is 0 Å². The smallest absolute Gasteiger partial charge is 0.0946 e. The molecule has 0 spiro atoms. The first-order valence-electron chi connectivity index (χ1n) is 8.16. The minimum Gasteiger partial charge on any atom is -0.336 e. The number of rotatable bonds is 7. The first kappa shape index (κ1) is 18.6. The van der Waals surface area contributed by atoms with Gasteiger partial charge in [-0.05, 0) is 41.1 Å². The number of nitrogens with zero attached hydrogens (tertiary/aromatic N) is 2. The van der Waals surface area contributed by atoms with Crippen LogP contribution in [0.5, 0.6) is 0 Å². The molecule has 1 atom stereocenters. The van der Waals surface area contributed by atoms with Crippen LogP contribution in [0.1, 0.15) is 34.6 Å². The summed E-state index contributed by atoms with van der Waals surface area (Å²) >= 11 is 15.3. The van der Waals surface area contributed by atoms with Gasteiger partial charge < -0.3 is 4.57 Å². The molecule has 1 unspecified atom stereocenters. The molecule has 6 heteroatoms. The highest BCUT2D eigenvalue weighted by molar-refractivity contribution is 8.24. The minimum absolute atomic E-state index is 0.218. The van der Waals surface area contributed by atoms with Gasteiger partial charge in [0.1, 0.15) is 0 Å². The first-order valence-corrected chi connectivity index (χ1v) is 10.7. The molecule has 0 aliphatic heterocycles. The highest BCUT2D eigenvalue weighted by Gasteiger charge is 2.19. The summed E-state index contributed by atoms with van der Waals surface area (Å²) in [5, 5.41) is 3.11. The summed E-state index contributed by atoms with van der Waals surface area (Å²) in [7, 11) is 0. The van der Waals surface area contributed by atoms with Crippen molar-refractivity contribution < 1.29 is 0 Å². The molecule has 0 N–H and O–H groups in total. The van der Waals surface area contributed by atoms with Gasteiger partial charge in [0.05, 0.1) is 20.7 Å². The quantitative estimate of drug-likeness (QED) is 0.422. The summed E-state index contributed by atoms with van der Waals surface area (Å²) < 4.78 is 3.06. The minimum atomic E-state index is 0.218. The van der Waals surface area contributed by atoms with E-state index in [9.17, 15) is 0 Å². The number of thiophene rings is 1. The van der Waals surface area contributed by atoms with Crippen molar-refractivity contribution in [2.24, 2.45) is 0 Å². The van der Waals surface area contributed by atoms with Crippen molar-refractivity contribution in [1.82, 2.24) is 9.55 Å². The highest BCUT2D eigenvalue weighted by Crippen LogP contribution is 2.36. The van der Waals surface area contributed by atoms with E-state index in [1.807, 2.05) is 24.7 Å². The van der Waals surface area contributed by atoms with Crippen molar-refractivity contribution in [3.8, 4) is 0 Å². The van der Waals surface area contributed by atoms with Gasteiger partial charge in [0.25, 0.3) is 0 Å². The molecule has 1 aromatic carbocycles. The van der Waals surface area contributed by atoms with Crippen molar-refractivity contribution in [2.75, 3.05) is 0 Å². The topological polar surface area (TPSA) is 17.8 Å². The molecule has 2 nitrogen and oxygen atoms in total. The normalized spacial score (nSPS) is 12.2. The number of hydrogen-bond acceptors (Lipinski definition) is 4. The van der Waals surface area contributed by atoms with Crippen LogP contribution in [0, 0.1) is 0 Å². The lowest BCUT2D eigenvalue weighted by Crippen LogP contribution is -2.08. The number of imidazole rings is 1. The van der Waals surface area contributed by atoms with E-state index in [0.717, 1.165) is 28.6 Å². The van der Waals surface area contributed by atoms with Crippen LogP contribution in [-0.4, -0.2) is 13.7 Å². The number of aromatic nitrogens is 2. The fourth-order valence-electron chi connectivity index (χ4n) is 2.64. The Morgan fingerprint density at radius 3 is 2.80 bits per heavy atom. The van der Waals surface area contributed by atoms with E-state index in [1.54, 1.807) is 29.3 Å². The second-order valence-corrected chi connectivity index (χ2v) is 8.96. The number of benzene rings is 1. The Morgan fingerprint density at radius 2 is 2.12 bits per heavy atom. The molecule has 0 bridgehead atoms. The average molecular weight is 407 g/mol. The monoisotopic (exact) mass is 406 g/mol. The van der Waals surface area contributed by atoms with Gasteiger partial charge in [0.15, 0.2) is 0 Å². The second kappa shape index (κ2) is 8.99. The zero-order valence-corrected chi connectivity index (χ0v) is 17.1. The van der Waals surface area contributed by atoms with Crippen LogP contribution in [0.15, 0.2) is 54.4 Å². The third-order valence-corrected chi connectivity index (χ3v) is 6.98. The summed E-state index contributed by atoms with van der Waals surface area (Å²) in [5.74, 6) is 0. The average Bonchev–Trinajstić information content (AvgIpc) is 3.27. The Morgan fingerprint density at radius 1 is 1.32 bits per heavy atom. The van der Waals surface area contributed by atoms with Crippen molar-refractivity contribution in [2.45, 2.75) is 31.6 Å². The molecule has 0 amide bonds. The van der Waals surface area contributed by atoms with Crippen molar-refractivity contribution >= 4 is 51.1 Å². The molecule has 3 rings (SSSR count). The van der Waals surface area contributed by atoms with Gasteiger partial charge in [-0.1, -0.05) is 49.3 Å². The van der Waals surface area contributed by atoms with Crippen LogP contribution >= 0.6 is 46.9 Å². The highest BCUT2D eigenvalue weighted by atomic mass is 35.5. The Bertz CT molecular complexity index is 810. The Labute approximate surface area is 167 Å².